The molecular weight excluding hydrogens is 294 g/mol. The van der Waals surface area contributed by atoms with E-state index in [-0.39, 0.29) is 12.2 Å². The fourth-order valence-corrected chi connectivity index (χ4v) is 3.13. The van der Waals surface area contributed by atoms with Gasteiger partial charge in [0.15, 0.2) is 5.82 Å². The quantitative estimate of drug-likeness (QED) is 0.744. The van der Waals surface area contributed by atoms with Gasteiger partial charge in [-0.1, -0.05) is 12.1 Å². The molecule has 1 saturated carbocycles. The van der Waals surface area contributed by atoms with Gasteiger partial charge in [-0.15, -0.1) is 10.2 Å². The Morgan fingerprint density at radius 2 is 2.09 bits per heavy atom. The summed E-state index contributed by atoms with van der Waals surface area (Å²) in [4.78, 5) is 14.7. The van der Waals surface area contributed by atoms with Gasteiger partial charge in [0.2, 0.25) is 5.78 Å². The minimum atomic E-state index is -0.0681. The van der Waals surface area contributed by atoms with Crippen LogP contribution >= 0.6 is 0 Å². The molecule has 0 spiro atoms. The van der Waals surface area contributed by atoms with Crippen LogP contribution in [0.1, 0.15) is 18.7 Å². The summed E-state index contributed by atoms with van der Waals surface area (Å²) in [7, 11) is 1.72. The highest BCUT2D eigenvalue weighted by Crippen LogP contribution is 2.28. The molecule has 1 N–H and O–H groups in total. The lowest BCUT2D eigenvalue weighted by Gasteiger charge is -2.19. The summed E-state index contributed by atoms with van der Waals surface area (Å²) in [6.45, 7) is 1.38. The number of fused-ring (bicyclic) bond motifs is 3. The van der Waals surface area contributed by atoms with Gasteiger partial charge in [0, 0.05) is 19.6 Å². The lowest BCUT2D eigenvalue weighted by Crippen LogP contribution is -2.30. The second kappa shape index (κ2) is 5.43. The Hall–Kier alpha value is -2.25. The van der Waals surface area contributed by atoms with Crippen LogP contribution in [0.5, 0.6) is 0 Å². The Labute approximate surface area is 132 Å². The molecule has 7 heteroatoms. The molecule has 2 aromatic heterocycles. The van der Waals surface area contributed by atoms with E-state index in [1.54, 1.807) is 7.05 Å². The third kappa shape index (κ3) is 2.32. The molecule has 2 heterocycles. The Balaban J connectivity index is 1.89. The number of benzene rings is 1. The summed E-state index contributed by atoms with van der Waals surface area (Å²) in [5.74, 6) is 1.34. The molecule has 0 aliphatic heterocycles. The molecule has 23 heavy (non-hydrogen) atoms. The molecule has 0 unspecified atom stereocenters. The van der Waals surface area contributed by atoms with Crippen LogP contribution in [-0.4, -0.2) is 48.4 Å². The van der Waals surface area contributed by atoms with Crippen LogP contribution in [0.25, 0.3) is 16.7 Å². The van der Waals surface area contributed by atoms with E-state index in [1.165, 1.54) is 4.57 Å². The van der Waals surface area contributed by atoms with Gasteiger partial charge in [-0.3, -0.25) is 18.7 Å². The Morgan fingerprint density at radius 1 is 1.30 bits per heavy atom. The van der Waals surface area contributed by atoms with E-state index >= 15 is 0 Å². The number of aryl methyl sites for hydroxylation is 1. The number of aromatic nitrogens is 4. The maximum Gasteiger partial charge on any atom is 0.262 e. The van der Waals surface area contributed by atoms with Crippen LogP contribution in [0.3, 0.4) is 0 Å². The topological polar surface area (TPSA) is 75.7 Å². The van der Waals surface area contributed by atoms with Crippen LogP contribution in [0.4, 0.5) is 0 Å². The Morgan fingerprint density at radius 3 is 2.83 bits per heavy atom. The summed E-state index contributed by atoms with van der Waals surface area (Å²) < 4.78 is 3.48. The van der Waals surface area contributed by atoms with Gasteiger partial charge in [0.1, 0.15) is 0 Å². The average molecular weight is 313 g/mol. The van der Waals surface area contributed by atoms with E-state index in [1.807, 2.05) is 28.7 Å². The number of nitrogens with zero attached hydrogens (tertiary/aromatic N) is 5. The van der Waals surface area contributed by atoms with Crippen LogP contribution in [0, 0.1) is 0 Å². The highest BCUT2D eigenvalue weighted by Gasteiger charge is 2.29. The number of para-hydroxylation sites is 1. The molecule has 1 aromatic carbocycles. The molecule has 0 saturated heterocycles. The van der Waals surface area contributed by atoms with Gasteiger partial charge < -0.3 is 5.11 Å². The molecule has 120 valence electrons. The molecule has 1 aliphatic carbocycles. The van der Waals surface area contributed by atoms with Crippen LogP contribution in [0.2, 0.25) is 0 Å². The zero-order chi connectivity index (χ0) is 16.0. The average Bonchev–Trinajstić information content (AvgIpc) is 3.33. The monoisotopic (exact) mass is 313 g/mol. The van der Waals surface area contributed by atoms with Gasteiger partial charge in [0.25, 0.3) is 5.56 Å². The number of aliphatic hydroxyl groups excluding tert-OH is 1. The molecule has 0 bridgehead atoms. The summed E-state index contributed by atoms with van der Waals surface area (Å²) in [6.07, 6.45) is 2.33. The largest absolute Gasteiger partial charge is 0.395 e. The van der Waals surface area contributed by atoms with Crippen LogP contribution in [-0.2, 0) is 13.6 Å². The summed E-state index contributed by atoms with van der Waals surface area (Å²) in [5.41, 5.74) is 0.756. The van der Waals surface area contributed by atoms with Gasteiger partial charge >= 0.3 is 0 Å². The van der Waals surface area contributed by atoms with E-state index in [4.69, 9.17) is 0 Å². The first-order valence-corrected chi connectivity index (χ1v) is 7.87. The summed E-state index contributed by atoms with van der Waals surface area (Å²) in [5, 5.41) is 18.5. The minimum Gasteiger partial charge on any atom is -0.395 e. The van der Waals surface area contributed by atoms with Crippen molar-refractivity contribution < 1.29 is 5.11 Å². The van der Waals surface area contributed by atoms with Gasteiger partial charge in [0.05, 0.1) is 24.1 Å². The number of hydrogen-bond donors (Lipinski definition) is 1. The Kier molecular flexibility index (Phi) is 3.39. The maximum absolute atomic E-state index is 12.4. The van der Waals surface area contributed by atoms with Crippen molar-refractivity contribution >= 4 is 16.7 Å². The van der Waals surface area contributed by atoms with E-state index in [9.17, 15) is 9.90 Å². The maximum atomic E-state index is 12.4. The first-order chi connectivity index (χ1) is 11.2. The van der Waals surface area contributed by atoms with Crippen molar-refractivity contribution in [3.63, 3.8) is 0 Å². The summed E-state index contributed by atoms with van der Waals surface area (Å²) in [6, 6.07) is 8.05. The van der Waals surface area contributed by atoms with E-state index in [0.29, 0.717) is 30.3 Å². The molecule has 7 nitrogen and oxygen atoms in total. The standard InChI is InChI=1S/C16H19N5O2/c1-19-15(23)12-4-2-3-5-13(12)21-14(17-18-16(19)21)10-20(8-9-22)11-6-7-11/h2-5,11,22H,6-10H2,1H3. The molecular formula is C16H19N5O2. The van der Waals surface area contributed by atoms with Gasteiger partial charge in [-0.05, 0) is 25.0 Å². The van der Waals surface area contributed by atoms with E-state index in [2.05, 4.69) is 15.1 Å². The van der Waals surface area contributed by atoms with E-state index < -0.39 is 0 Å². The highest BCUT2D eigenvalue weighted by molar-refractivity contribution is 5.80. The number of aliphatic hydroxyl groups is 1. The van der Waals surface area contributed by atoms with Crippen molar-refractivity contribution in [2.24, 2.45) is 7.05 Å². The lowest BCUT2D eigenvalue weighted by molar-refractivity contribution is 0.180. The molecule has 4 rings (SSSR count). The smallest absolute Gasteiger partial charge is 0.262 e. The molecule has 0 atom stereocenters. The highest BCUT2D eigenvalue weighted by atomic mass is 16.3. The predicted octanol–water partition coefficient (Wildman–Crippen LogP) is 0.538. The normalized spacial score (nSPS) is 15.1. The molecule has 0 amide bonds. The zero-order valence-electron chi connectivity index (χ0n) is 13.0. The fraction of sp³-hybridized carbons (Fsp3) is 0.438. The number of rotatable bonds is 5. The summed E-state index contributed by atoms with van der Waals surface area (Å²) >= 11 is 0. The first kappa shape index (κ1) is 14.3. The van der Waals surface area contributed by atoms with Crippen molar-refractivity contribution in [1.82, 2.24) is 24.1 Å². The molecule has 0 radical (unpaired) electrons. The minimum absolute atomic E-state index is 0.0681. The van der Waals surface area contributed by atoms with Gasteiger partial charge in [-0.25, -0.2) is 0 Å². The number of hydrogen-bond acceptors (Lipinski definition) is 5. The first-order valence-electron chi connectivity index (χ1n) is 7.87. The van der Waals surface area contributed by atoms with E-state index in [0.717, 1.165) is 24.2 Å². The molecule has 1 fully saturated rings. The molecule has 1 aliphatic rings. The zero-order valence-corrected chi connectivity index (χ0v) is 13.0. The third-order valence-electron chi connectivity index (χ3n) is 4.49. The second-order valence-electron chi connectivity index (χ2n) is 6.06. The fourth-order valence-electron chi connectivity index (χ4n) is 3.13. The van der Waals surface area contributed by atoms with Crippen LogP contribution < -0.4 is 5.56 Å². The SMILES string of the molecule is Cn1c(=O)c2ccccc2n2c(CN(CCO)C3CC3)nnc12. The lowest BCUT2D eigenvalue weighted by atomic mass is 10.2. The van der Waals surface area contributed by atoms with Crippen molar-refractivity contribution in [3.05, 3.63) is 40.4 Å². The third-order valence-corrected chi connectivity index (χ3v) is 4.49. The van der Waals surface area contributed by atoms with Crippen molar-refractivity contribution in [3.8, 4) is 0 Å². The van der Waals surface area contributed by atoms with Crippen molar-refractivity contribution in [2.75, 3.05) is 13.2 Å². The van der Waals surface area contributed by atoms with Crippen LogP contribution in [0.15, 0.2) is 29.1 Å². The Bertz CT molecular complexity index is 925. The predicted molar refractivity (Wildman–Crippen MR) is 86.3 cm³/mol. The van der Waals surface area contributed by atoms with Crippen molar-refractivity contribution in [2.45, 2.75) is 25.4 Å². The second-order valence-corrected chi connectivity index (χ2v) is 6.06. The molecule has 3 aromatic rings. The van der Waals surface area contributed by atoms with Gasteiger partial charge in [-0.2, -0.15) is 0 Å². The van der Waals surface area contributed by atoms with Crippen molar-refractivity contribution in [1.29, 1.82) is 0 Å².